The van der Waals surface area contributed by atoms with Crippen LogP contribution >= 0.6 is 0 Å². The molecule has 0 heterocycles. The molecule has 1 rings (SSSR count). The van der Waals surface area contributed by atoms with Crippen LogP contribution in [0.25, 0.3) is 0 Å². The van der Waals surface area contributed by atoms with Gasteiger partial charge in [0, 0.05) is 13.2 Å². The van der Waals surface area contributed by atoms with Gasteiger partial charge in [-0.3, -0.25) is 4.79 Å². The van der Waals surface area contributed by atoms with Crippen LogP contribution in [0, 0.1) is 13.8 Å². The van der Waals surface area contributed by atoms with Gasteiger partial charge in [-0.15, -0.1) is 0 Å². The average molecular weight is 251 g/mol. The number of amides is 1. The Kier molecular flexibility index (Phi) is 5.65. The van der Waals surface area contributed by atoms with Gasteiger partial charge in [-0.05, 0) is 44.0 Å². The zero-order chi connectivity index (χ0) is 13.5. The Morgan fingerprint density at radius 3 is 2.67 bits per heavy atom. The molecule has 1 aromatic rings. The van der Waals surface area contributed by atoms with Crippen molar-refractivity contribution in [2.45, 2.75) is 26.8 Å². The number of benzene rings is 1. The lowest BCUT2D eigenvalue weighted by molar-refractivity contribution is -0.124. The predicted octanol–water partition coefficient (Wildman–Crippen LogP) is 1.83. The minimum absolute atomic E-state index is 0.00847. The van der Waals surface area contributed by atoms with Crippen molar-refractivity contribution in [2.75, 3.05) is 20.3 Å². The Bertz CT molecular complexity index is 404. The van der Waals surface area contributed by atoms with E-state index in [-0.39, 0.29) is 18.6 Å². The number of carbonyl (C=O) groups excluding carboxylic acids is 1. The summed E-state index contributed by atoms with van der Waals surface area (Å²) in [5.74, 6) is 0.574. The minimum Gasteiger partial charge on any atom is -0.484 e. The zero-order valence-corrected chi connectivity index (χ0v) is 11.4. The molecule has 1 N–H and O–H groups in total. The summed E-state index contributed by atoms with van der Waals surface area (Å²) in [5.41, 5.74) is 2.36. The largest absolute Gasteiger partial charge is 0.484 e. The van der Waals surface area contributed by atoms with Crippen molar-refractivity contribution >= 4 is 5.91 Å². The number of hydrogen-bond donors (Lipinski definition) is 1. The lowest BCUT2D eigenvalue weighted by atomic mass is 10.1. The fraction of sp³-hybridized carbons (Fsp3) is 0.500. The highest BCUT2D eigenvalue weighted by Crippen LogP contribution is 2.16. The van der Waals surface area contributed by atoms with E-state index >= 15 is 0 Å². The molecule has 0 spiro atoms. The van der Waals surface area contributed by atoms with Crippen molar-refractivity contribution in [3.8, 4) is 5.75 Å². The molecule has 4 nitrogen and oxygen atoms in total. The van der Waals surface area contributed by atoms with Gasteiger partial charge in [0.05, 0.1) is 6.61 Å². The van der Waals surface area contributed by atoms with Gasteiger partial charge in [-0.25, -0.2) is 0 Å². The van der Waals surface area contributed by atoms with Gasteiger partial charge < -0.3 is 14.8 Å². The monoisotopic (exact) mass is 251 g/mol. The van der Waals surface area contributed by atoms with E-state index in [4.69, 9.17) is 9.47 Å². The quantitative estimate of drug-likeness (QED) is 0.839. The second kappa shape index (κ2) is 7.01. The van der Waals surface area contributed by atoms with Gasteiger partial charge in [0.25, 0.3) is 5.91 Å². The summed E-state index contributed by atoms with van der Waals surface area (Å²) in [6.07, 6.45) is 0. The van der Waals surface area contributed by atoms with Crippen LogP contribution in [-0.2, 0) is 9.53 Å². The molecular formula is C14H21NO3. The minimum atomic E-state index is -0.141. The zero-order valence-electron chi connectivity index (χ0n) is 11.4. The Balaban J connectivity index is 2.40. The summed E-state index contributed by atoms with van der Waals surface area (Å²) in [5, 5.41) is 2.79. The second-order valence-corrected chi connectivity index (χ2v) is 4.46. The molecule has 0 radical (unpaired) electrons. The molecule has 0 aliphatic rings. The SMILES string of the molecule is COC[C@H](C)NC(=O)COc1ccc(C)c(C)c1. The van der Waals surface area contributed by atoms with Crippen LogP contribution in [0.2, 0.25) is 0 Å². The van der Waals surface area contributed by atoms with Gasteiger partial charge in [0.2, 0.25) is 0 Å². The van der Waals surface area contributed by atoms with Gasteiger partial charge in [0.15, 0.2) is 6.61 Å². The highest BCUT2D eigenvalue weighted by Gasteiger charge is 2.07. The van der Waals surface area contributed by atoms with Crippen LogP contribution in [0.3, 0.4) is 0 Å². The van der Waals surface area contributed by atoms with E-state index in [9.17, 15) is 4.79 Å². The normalized spacial score (nSPS) is 12.0. The molecule has 18 heavy (non-hydrogen) atoms. The van der Waals surface area contributed by atoms with Gasteiger partial charge in [-0.1, -0.05) is 6.07 Å². The Morgan fingerprint density at radius 2 is 2.06 bits per heavy atom. The number of nitrogens with one attached hydrogen (secondary N) is 1. The Labute approximate surface area is 108 Å². The molecule has 0 aliphatic carbocycles. The van der Waals surface area contributed by atoms with Crippen molar-refractivity contribution in [3.63, 3.8) is 0 Å². The molecule has 0 fully saturated rings. The maximum absolute atomic E-state index is 11.6. The number of rotatable bonds is 6. The molecule has 100 valence electrons. The summed E-state index contributed by atoms with van der Waals surface area (Å²) in [6, 6.07) is 5.77. The third kappa shape index (κ3) is 4.75. The summed E-state index contributed by atoms with van der Waals surface area (Å²) >= 11 is 0. The number of hydrogen-bond acceptors (Lipinski definition) is 3. The van der Waals surface area contributed by atoms with Crippen LogP contribution in [-0.4, -0.2) is 32.3 Å². The van der Waals surface area contributed by atoms with E-state index in [1.165, 1.54) is 5.56 Å². The van der Waals surface area contributed by atoms with Crippen LogP contribution in [0.5, 0.6) is 5.75 Å². The molecule has 1 aromatic carbocycles. The van der Waals surface area contributed by atoms with E-state index in [0.717, 1.165) is 5.56 Å². The van der Waals surface area contributed by atoms with E-state index in [2.05, 4.69) is 5.32 Å². The average Bonchev–Trinajstić information content (AvgIpc) is 2.31. The first-order chi connectivity index (χ1) is 8.52. The second-order valence-electron chi connectivity index (χ2n) is 4.46. The number of carbonyl (C=O) groups is 1. The van der Waals surface area contributed by atoms with Crippen molar-refractivity contribution in [2.24, 2.45) is 0 Å². The Morgan fingerprint density at radius 1 is 1.33 bits per heavy atom. The molecule has 1 amide bonds. The van der Waals surface area contributed by atoms with Crippen LogP contribution in [0.15, 0.2) is 18.2 Å². The van der Waals surface area contributed by atoms with Crippen molar-refractivity contribution in [3.05, 3.63) is 29.3 Å². The fourth-order valence-electron chi connectivity index (χ4n) is 1.56. The van der Waals surface area contributed by atoms with Crippen LogP contribution < -0.4 is 10.1 Å². The van der Waals surface area contributed by atoms with E-state index in [0.29, 0.717) is 12.4 Å². The first-order valence-corrected chi connectivity index (χ1v) is 6.01. The lowest BCUT2D eigenvalue weighted by Crippen LogP contribution is -2.38. The summed E-state index contributed by atoms with van der Waals surface area (Å²) in [6.45, 7) is 6.46. The molecule has 0 unspecified atom stereocenters. The van der Waals surface area contributed by atoms with E-state index < -0.39 is 0 Å². The van der Waals surface area contributed by atoms with Crippen molar-refractivity contribution in [1.29, 1.82) is 0 Å². The van der Waals surface area contributed by atoms with E-state index in [1.807, 2.05) is 39.0 Å². The molecule has 0 aliphatic heterocycles. The maximum Gasteiger partial charge on any atom is 0.258 e. The topological polar surface area (TPSA) is 47.6 Å². The third-order valence-electron chi connectivity index (χ3n) is 2.67. The molecule has 4 heteroatoms. The maximum atomic E-state index is 11.6. The Hall–Kier alpha value is -1.55. The molecule has 0 saturated heterocycles. The first kappa shape index (κ1) is 14.5. The number of aryl methyl sites for hydroxylation is 2. The van der Waals surface area contributed by atoms with Crippen LogP contribution in [0.1, 0.15) is 18.1 Å². The van der Waals surface area contributed by atoms with E-state index in [1.54, 1.807) is 7.11 Å². The summed E-state index contributed by atoms with van der Waals surface area (Å²) in [7, 11) is 1.61. The highest BCUT2D eigenvalue weighted by atomic mass is 16.5. The summed E-state index contributed by atoms with van der Waals surface area (Å²) < 4.78 is 10.4. The van der Waals surface area contributed by atoms with Gasteiger partial charge in [0.1, 0.15) is 5.75 Å². The number of methoxy groups -OCH3 is 1. The predicted molar refractivity (Wildman–Crippen MR) is 70.9 cm³/mol. The molecular weight excluding hydrogens is 230 g/mol. The molecule has 0 bridgehead atoms. The third-order valence-corrected chi connectivity index (χ3v) is 2.67. The molecule has 0 aromatic heterocycles. The standard InChI is InChI=1S/C14H21NO3/c1-10-5-6-13(7-11(10)2)18-9-14(16)15-12(3)8-17-4/h5-7,12H,8-9H2,1-4H3,(H,15,16)/t12-/m0/s1. The molecule has 1 atom stereocenters. The molecule has 0 saturated carbocycles. The summed E-state index contributed by atoms with van der Waals surface area (Å²) in [4.78, 5) is 11.6. The first-order valence-electron chi connectivity index (χ1n) is 6.01. The van der Waals surface area contributed by atoms with Crippen LogP contribution in [0.4, 0.5) is 0 Å². The highest BCUT2D eigenvalue weighted by molar-refractivity contribution is 5.77. The van der Waals surface area contributed by atoms with Crippen molar-refractivity contribution in [1.82, 2.24) is 5.32 Å². The van der Waals surface area contributed by atoms with Gasteiger partial charge in [-0.2, -0.15) is 0 Å². The smallest absolute Gasteiger partial charge is 0.258 e. The lowest BCUT2D eigenvalue weighted by Gasteiger charge is -2.13. The van der Waals surface area contributed by atoms with Crippen molar-refractivity contribution < 1.29 is 14.3 Å². The van der Waals surface area contributed by atoms with Gasteiger partial charge >= 0.3 is 0 Å². The number of ether oxygens (including phenoxy) is 2. The fourth-order valence-corrected chi connectivity index (χ4v) is 1.56.